The molecule has 2 aromatic heterocycles. The first kappa shape index (κ1) is 22.1. The summed E-state index contributed by atoms with van der Waals surface area (Å²) >= 11 is 6.67. The van der Waals surface area contributed by atoms with Gasteiger partial charge in [-0.1, -0.05) is 62.4 Å². The van der Waals surface area contributed by atoms with E-state index in [2.05, 4.69) is 72.1 Å². The molecular formula is C22H27N5OS2. The molecule has 0 spiro atoms. The Kier molecular flexibility index (Phi) is 6.67. The van der Waals surface area contributed by atoms with Crippen LogP contribution in [0.5, 0.6) is 0 Å². The lowest BCUT2D eigenvalue weighted by Crippen LogP contribution is -2.13. The molecule has 0 aliphatic carbocycles. The van der Waals surface area contributed by atoms with Gasteiger partial charge in [-0.2, -0.15) is 5.10 Å². The number of rotatable bonds is 7. The molecule has 0 saturated carbocycles. The fraction of sp³-hybridized carbons (Fsp3) is 0.364. The maximum atomic E-state index is 12.4. The lowest BCUT2D eigenvalue weighted by atomic mass is 9.86. The molecule has 2 heterocycles. The van der Waals surface area contributed by atoms with Gasteiger partial charge in [-0.25, -0.2) is 4.98 Å². The van der Waals surface area contributed by atoms with Crippen LogP contribution in [0.25, 0.3) is 10.7 Å². The molecule has 1 amide bonds. The number of anilines is 1. The number of allylic oxidation sites excluding steroid dienone is 1. The molecule has 3 aromatic rings. The summed E-state index contributed by atoms with van der Waals surface area (Å²) in [6, 6.07) is 8.47. The highest BCUT2D eigenvalue weighted by molar-refractivity contribution is 7.71. The molecule has 3 rings (SSSR count). The van der Waals surface area contributed by atoms with E-state index in [1.165, 1.54) is 16.9 Å². The summed E-state index contributed by atoms with van der Waals surface area (Å²) in [6.07, 6.45) is 2.85. The molecule has 0 unspecified atom stereocenters. The third kappa shape index (κ3) is 5.12. The number of hydrogen-bond acceptors (Lipinski definition) is 5. The molecule has 8 heteroatoms. The molecule has 0 atom stereocenters. The maximum absolute atomic E-state index is 12.4. The first-order valence-corrected chi connectivity index (χ1v) is 11.0. The zero-order valence-corrected chi connectivity index (χ0v) is 19.4. The van der Waals surface area contributed by atoms with Crippen molar-refractivity contribution in [3.63, 3.8) is 0 Å². The van der Waals surface area contributed by atoms with Crippen LogP contribution in [0.4, 0.5) is 5.13 Å². The SMILES string of the molecule is C=CCn1c(-c2sc(NC(=O)CCc3ccc(C(C)(C)C)cc3)nc2C)n[nH]c1=S. The molecule has 30 heavy (non-hydrogen) atoms. The number of aromatic nitrogens is 4. The highest BCUT2D eigenvalue weighted by Gasteiger charge is 2.17. The number of aromatic amines is 1. The lowest BCUT2D eigenvalue weighted by Gasteiger charge is -2.19. The topological polar surface area (TPSA) is 75.6 Å². The first-order chi connectivity index (χ1) is 14.2. The molecular weight excluding hydrogens is 414 g/mol. The minimum atomic E-state index is -0.0554. The predicted molar refractivity (Wildman–Crippen MR) is 126 cm³/mol. The van der Waals surface area contributed by atoms with Gasteiger partial charge in [0.25, 0.3) is 0 Å². The van der Waals surface area contributed by atoms with E-state index in [0.717, 1.165) is 16.1 Å². The number of nitrogens with zero attached hydrogens (tertiary/aromatic N) is 3. The number of thiazole rings is 1. The summed E-state index contributed by atoms with van der Waals surface area (Å²) in [5.74, 6) is 0.648. The van der Waals surface area contributed by atoms with Crippen LogP contribution in [0.3, 0.4) is 0 Å². The van der Waals surface area contributed by atoms with Gasteiger partial charge in [-0.3, -0.25) is 14.5 Å². The average molecular weight is 442 g/mol. The Balaban J connectivity index is 1.65. The smallest absolute Gasteiger partial charge is 0.226 e. The van der Waals surface area contributed by atoms with Crippen molar-refractivity contribution in [2.45, 2.75) is 52.5 Å². The van der Waals surface area contributed by atoms with E-state index in [0.29, 0.717) is 35.1 Å². The highest BCUT2D eigenvalue weighted by atomic mass is 32.1. The quantitative estimate of drug-likeness (QED) is 0.379. The van der Waals surface area contributed by atoms with Crippen molar-refractivity contribution in [3.05, 3.63) is 58.5 Å². The van der Waals surface area contributed by atoms with Gasteiger partial charge >= 0.3 is 0 Å². The number of carbonyl (C=O) groups excluding carboxylic acids is 1. The predicted octanol–water partition coefficient (Wildman–Crippen LogP) is 5.43. The molecule has 2 N–H and O–H groups in total. The van der Waals surface area contributed by atoms with E-state index in [4.69, 9.17) is 12.2 Å². The van der Waals surface area contributed by atoms with E-state index < -0.39 is 0 Å². The van der Waals surface area contributed by atoms with E-state index in [-0.39, 0.29) is 11.3 Å². The van der Waals surface area contributed by atoms with Crippen LogP contribution in [-0.4, -0.2) is 25.7 Å². The molecule has 0 bridgehead atoms. The monoisotopic (exact) mass is 441 g/mol. The van der Waals surface area contributed by atoms with Crippen molar-refractivity contribution >= 4 is 34.6 Å². The summed E-state index contributed by atoms with van der Waals surface area (Å²) in [7, 11) is 0. The summed E-state index contributed by atoms with van der Waals surface area (Å²) < 4.78 is 2.39. The number of benzene rings is 1. The number of H-pyrrole nitrogens is 1. The number of nitrogens with one attached hydrogen (secondary N) is 2. The van der Waals surface area contributed by atoms with Crippen LogP contribution in [0.2, 0.25) is 0 Å². The summed E-state index contributed by atoms with van der Waals surface area (Å²) in [4.78, 5) is 17.8. The van der Waals surface area contributed by atoms with Crippen molar-refractivity contribution in [1.29, 1.82) is 0 Å². The van der Waals surface area contributed by atoms with Gasteiger partial charge in [0, 0.05) is 13.0 Å². The second-order valence-electron chi connectivity index (χ2n) is 8.18. The fourth-order valence-corrected chi connectivity index (χ4v) is 4.25. The first-order valence-electron chi connectivity index (χ1n) is 9.82. The normalized spacial score (nSPS) is 11.5. The second kappa shape index (κ2) is 9.06. The molecule has 0 fully saturated rings. The van der Waals surface area contributed by atoms with Crippen molar-refractivity contribution in [2.24, 2.45) is 0 Å². The second-order valence-corrected chi connectivity index (χ2v) is 9.57. The average Bonchev–Trinajstić information content (AvgIpc) is 3.22. The van der Waals surface area contributed by atoms with Crippen molar-refractivity contribution in [3.8, 4) is 10.7 Å². The summed E-state index contributed by atoms with van der Waals surface area (Å²) in [5, 5.41) is 10.6. The van der Waals surface area contributed by atoms with Gasteiger partial charge < -0.3 is 5.32 Å². The number of amides is 1. The van der Waals surface area contributed by atoms with Crippen molar-refractivity contribution in [2.75, 3.05) is 5.32 Å². The molecule has 0 radical (unpaired) electrons. The molecule has 6 nitrogen and oxygen atoms in total. The van der Waals surface area contributed by atoms with Crippen molar-refractivity contribution < 1.29 is 4.79 Å². The Labute approximate surface area is 186 Å². The standard InChI is InChI=1S/C22H27N5OS2/c1-6-13-27-19(25-26-21(27)29)18-14(2)23-20(30-18)24-17(28)12-9-15-7-10-16(11-8-15)22(3,4)5/h6-8,10-11H,1,9,12-13H2,2-5H3,(H,26,29)(H,23,24,28). The van der Waals surface area contributed by atoms with Crippen LogP contribution in [0, 0.1) is 11.7 Å². The van der Waals surface area contributed by atoms with Crippen LogP contribution in [0.15, 0.2) is 36.9 Å². The molecule has 1 aromatic carbocycles. The third-order valence-corrected chi connectivity index (χ3v) is 6.16. The van der Waals surface area contributed by atoms with E-state index in [9.17, 15) is 4.79 Å². The van der Waals surface area contributed by atoms with Gasteiger partial charge in [-0.05, 0) is 42.1 Å². The lowest BCUT2D eigenvalue weighted by molar-refractivity contribution is -0.116. The number of hydrogen-bond donors (Lipinski definition) is 2. The Hall–Kier alpha value is -2.58. The fourth-order valence-electron chi connectivity index (χ4n) is 3.06. The Morgan fingerprint density at radius 1 is 1.33 bits per heavy atom. The van der Waals surface area contributed by atoms with Gasteiger partial charge in [0.2, 0.25) is 5.91 Å². The zero-order valence-electron chi connectivity index (χ0n) is 17.8. The highest BCUT2D eigenvalue weighted by Crippen LogP contribution is 2.31. The van der Waals surface area contributed by atoms with Crippen LogP contribution in [0.1, 0.15) is 44.0 Å². The van der Waals surface area contributed by atoms with E-state index in [1.54, 1.807) is 6.08 Å². The maximum Gasteiger partial charge on any atom is 0.226 e. The largest absolute Gasteiger partial charge is 0.302 e. The molecule has 0 saturated heterocycles. The van der Waals surface area contributed by atoms with Gasteiger partial charge in [-0.15, -0.1) is 6.58 Å². The van der Waals surface area contributed by atoms with Crippen LogP contribution in [-0.2, 0) is 23.2 Å². The minimum absolute atomic E-state index is 0.0554. The Morgan fingerprint density at radius 2 is 2.03 bits per heavy atom. The Morgan fingerprint density at radius 3 is 2.67 bits per heavy atom. The van der Waals surface area contributed by atoms with E-state index in [1.807, 2.05) is 11.5 Å². The summed E-state index contributed by atoms with van der Waals surface area (Å²) in [6.45, 7) is 12.8. The van der Waals surface area contributed by atoms with Crippen molar-refractivity contribution in [1.82, 2.24) is 19.7 Å². The Bertz CT molecular complexity index is 1100. The number of carbonyl (C=O) groups is 1. The molecule has 0 aliphatic heterocycles. The summed E-state index contributed by atoms with van der Waals surface area (Å²) in [5.41, 5.74) is 3.36. The van der Waals surface area contributed by atoms with E-state index >= 15 is 0 Å². The van der Waals surface area contributed by atoms with Crippen LogP contribution >= 0.6 is 23.6 Å². The minimum Gasteiger partial charge on any atom is -0.302 e. The van der Waals surface area contributed by atoms with Gasteiger partial charge in [0.15, 0.2) is 15.7 Å². The molecule has 158 valence electrons. The van der Waals surface area contributed by atoms with Gasteiger partial charge in [0.1, 0.15) is 0 Å². The zero-order chi connectivity index (χ0) is 21.9. The third-order valence-electron chi connectivity index (χ3n) is 4.78. The molecule has 0 aliphatic rings. The number of aryl methyl sites for hydroxylation is 2. The van der Waals surface area contributed by atoms with Gasteiger partial charge in [0.05, 0.1) is 10.6 Å². The van der Waals surface area contributed by atoms with Crippen LogP contribution < -0.4 is 5.32 Å².